The number of rotatable bonds is 3. The highest BCUT2D eigenvalue weighted by atomic mass is 32.1. The number of para-hydroxylation sites is 1. The van der Waals surface area contributed by atoms with Gasteiger partial charge in [-0.1, -0.05) is 67.8 Å². The van der Waals surface area contributed by atoms with Gasteiger partial charge in [-0.25, -0.2) is 0 Å². The van der Waals surface area contributed by atoms with Crippen molar-refractivity contribution in [3.8, 4) is 11.1 Å². The van der Waals surface area contributed by atoms with Crippen LogP contribution in [0.5, 0.6) is 0 Å². The maximum Gasteiger partial charge on any atom is 0.0393 e. The van der Waals surface area contributed by atoms with Crippen molar-refractivity contribution < 1.29 is 0 Å². The Morgan fingerprint density at radius 2 is 1.54 bits per heavy atom. The summed E-state index contributed by atoms with van der Waals surface area (Å²) in [6.07, 6.45) is 3.84. The van der Waals surface area contributed by atoms with Crippen LogP contribution in [0.2, 0.25) is 0 Å². The van der Waals surface area contributed by atoms with Gasteiger partial charge in [-0.05, 0) is 28.5 Å². The van der Waals surface area contributed by atoms with E-state index in [-0.39, 0.29) is 0 Å². The van der Waals surface area contributed by atoms with Gasteiger partial charge in [0.2, 0.25) is 0 Å². The van der Waals surface area contributed by atoms with E-state index in [4.69, 9.17) is 5.73 Å². The minimum absolute atomic E-state index is 0.798. The molecule has 0 aliphatic rings. The first-order chi connectivity index (χ1) is 11.7. The van der Waals surface area contributed by atoms with Gasteiger partial charge < -0.3 is 5.73 Å². The Balaban J connectivity index is 2.22. The molecule has 1 nitrogen and oxygen atoms in total. The molecule has 1 heterocycles. The van der Waals surface area contributed by atoms with Crippen LogP contribution in [0.25, 0.3) is 44.1 Å². The number of nitrogen functional groups attached to an aromatic ring is 1. The molecule has 0 aliphatic heterocycles. The van der Waals surface area contributed by atoms with Crippen LogP contribution in [-0.2, 0) is 0 Å². The Kier molecular flexibility index (Phi) is 3.47. The number of benzene rings is 3. The molecule has 0 aliphatic carbocycles. The van der Waals surface area contributed by atoms with Gasteiger partial charge in [0.15, 0.2) is 0 Å². The minimum Gasteiger partial charge on any atom is -0.398 e. The van der Waals surface area contributed by atoms with Crippen LogP contribution in [0.4, 0.5) is 5.69 Å². The van der Waals surface area contributed by atoms with E-state index >= 15 is 0 Å². The van der Waals surface area contributed by atoms with Crippen molar-refractivity contribution >= 4 is 50.0 Å². The normalized spacial score (nSPS) is 11.0. The van der Waals surface area contributed by atoms with Gasteiger partial charge in [0.1, 0.15) is 0 Å². The third kappa shape index (κ3) is 2.08. The minimum atomic E-state index is 0.798. The molecule has 1 aromatic heterocycles. The van der Waals surface area contributed by atoms with Crippen LogP contribution < -0.4 is 5.73 Å². The fraction of sp³-hybridized carbons (Fsp3) is 0. The number of hydrogen-bond acceptors (Lipinski definition) is 2. The summed E-state index contributed by atoms with van der Waals surface area (Å²) >= 11 is 1.75. The molecule has 0 unspecified atom stereocenters. The summed E-state index contributed by atoms with van der Waals surface area (Å²) < 4.78 is 1.23. The van der Waals surface area contributed by atoms with Gasteiger partial charge in [0.05, 0.1) is 0 Å². The number of thiophene rings is 1. The molecule has 0 bridgehead atoms. The zero-order valence-corrected chi connectivity index (χ0v) is 14.1. The molecule has 0 spiro atoms. The highest BCUT2D eigenvalue weighted by Crippen LogP contribution is 2.43. The van der Waals surface area contributed by atoms with E-state index in [1.807, 2.05) is 30.4 Å². The van der Waals surface area contributed by atoms with Crippen LogP contribution >= 0.6 is 11.3 Å². The fourth-order valence-corrected chi connectivity index (χ4v) is 4.44. The van der Waals surface area contributed by atoms with Crippen LogP contribution in [0.3, 0.4) is 0 Å². The fourth-order valence-electron chi connectivity index (χ4n) is 3.32. The van der Waals surface area contributed by atoms with Gasteiger partial charge in [0, 0.05) is 31.8 Å². The summed E-state index contributed by atoms with van der Waals surface area (Å²) in [4.78, 5) is 1.16. The van der Waals surface area contributed by atoms with Crippen molar-refractivity contribution in [2.24, 2.45) is 0 Å². The molecular weight excluding hydrogens is 310 g/mol. The number of nitrogens with two attached hydrogens (primary N) is 1. The molecule has 2 N–H and O–H groups in total. The zero-order valence-electron chi connectivity index (χ0n) is 13.3. The maximum atomic E-state index is 6.25. The van der Waals surface area contributed by atoms with Crippen LogP contribution in [0.1, 0.15) is 10.4 Å². The molecule has 2 heteroatoms. The van der Waals surface area contributed by atoms with Crippen molar-refractivity contribution in [3.05, 3.63) is 78.2 Å². The van der Waals surface area contributed by atoms with Gasteiger partial charge in [-0.3, -0.25) is 0 Å². The van der Waals surface area contributed by atoms with Crippen LogP contribution in [0.15, 0.2) is 67.8 Å². The first-order valence-corrected chi connectivity index (χ1v) is 8.64. The van der Waals surface area contributed by atoms with Crippen molar-refractivity contribution in [1.29, 1.82) is 0 Å². The lowest BCUT2D eigenvalue weighted by atomic mass is 9.93. The molecular formula is C22H17NS. The molecule has 24 heavy (non-hydrogen) atoms. The average Bonchev–Trinajstić information content (AvgIpc) is 2.99. The standard InChI is InChI=1S/C22H17NS/c1-3-14-20(4-2)24-21-13-18(16-10-7-8-12-19(16)23)15-9-5-6-11-17(15)22(14)21/h3-13H,1-2,23H2. The summed E-state index contributed by atoms with van der Waals surface area (Å²) in [6.45, 7) is 7.95. The molecule has 3 aromatic carbocycles. The summed E-state index contributed by atoms with van der Waals surface area (Å²) in [5.74, 6) is 0. The summed E-state index contributed by atoms with van der Waals surface area (Å²) in [6, 6.07) is 18.8. The van der Waals surface area contributed by atoms with Gasteiger partial charge in [-0.15, -0.1) is 11.3 Å². The lowest BCUT2D eigenvalue weighted by molar-refractivity contribution is 1.65. The average molecular weight is 327 g/mol. The molecule has 0 atom stereocenters. The highest BCUT2D eigenvalue weighted by molar-refractivity contribution is 7.20. The van der Waals surface area contributed by atoms with Crippen LogP contribution in [0, 0.1) is 0 Å². The van der Waals surface area contributed by atoms with Crippen molar-refractivity contribution in [2.45, 2.75) is 0 Å². The highest BCUT2D eigenvalue weighted by Gasteiger charge is 2.15. The summed E-state index contributed by atoms with van der Waals surface area (Å²) in [5, 5.41) is 3.69. The van der Waals surface area contributed by atoms with E-state index in [1.54, 1.807) is 11.3 Å². The van der Waals surface area contributed by atoms with Crippen molar-refractivity contribution in [2.75, 3.05) is 5.73 Å². The predicted octanol–water partition coefficient (Wildman–Crippen LogP) is 6.59. The second-order valence-electron chi connectivity index (χ2n) is 5.72. The predicted molar refractivity (Wildman–Crippen MR) is 109 cm³/mol. The Bertz CT molecular complexity index is 1100. The summed E-state index contributed by atoms with van der Waals surface area (Å²) in [7, 11) is 0. The molecule has 4 aromatic rings. The molecule has 0 fully saturated rings. The first-order valence-electron chi connectivity index (χ1n) is 7.82. The Hall–Kier alpha value is -2.84. The van der Waals surface area contributed by atoms with Gasteiger partial charge in [-0.2, -0.15) is 0 Å². The van der Waals surface area contributed by atoms with Gasteiger partial charge in [0.25, 0.3) is 0 Å². The second-order valence-corrected chi connectivity index (χ2v) is 6.80. The van der Waals surface area contributed by atoms with E-state index in [0.29, 0.717) is 0 Å². The second kappa shape index (κ2) is 5.66. The number of anilines is 1. The smallest absolute Gasteiger partial charge is 0.0393 e. The summed E-state index contributed by atoms with van der Waals surface area (Å²) in [5.41, 5.74) is 10.4. The Labute approximate surface area is 145 Å². The van der Waals surface area contributed by atoms with E-state index in [2.05, 4.69) is 49.6 Å². The van der Waals surface area contributed by atoms with Crippen molar-refractivity contribution in [3.63, 3.8) is 0 Å². The number of hydrogen-bond donors (Lipinski definition) is 1. The monoisotopic (exact) mass is 327 g/mol. The molecule has 4 rings (SSSR count). The quantitative estimate of drug-likeness (QED) is 0.422. The van der Waals surface area contributed by atoms with Crippen molar-refractivity contribution in [1.82, 2.24) is 0 Å². The zero-order chi connectivity index (χ0) is 16.7. The van der Waals surface area contributed by atoms with Crippen LogP contribution in [-0.4, -0.2) is 0 Å². The largest absolute Gasteiger partial charge is 0.398 e. The molecule has 0 amide bonds. The lowest BCUT2D eigenvalue weighted by Crippen LogP contribution is -1.90. The maximum absolute atomic E-state index is 6.25. The molecule has 0 radical (unpaired) electrons. The van der Waals surface area contributed by atoms with Gasteiger partial charge >= 0.3 is 0 Å². The lowest BCUT2D eigenvalue weighted by Gasteiger charge is -2.11. The Morgan fingerprint density at radius 3 is 2.25 bits per heavy atom. The molecule has 116 valence electrons. The first kappa shape index (κ1) is 14.7. The van der Waals surface area contributed by atoms with E-state index in [9.17, 15) is 0 Å². The number of fused-ring (bicyclic) bond motifs is 3. The third-order valence-electron chi connectivity index (χ3n) is 4.40. The molecule has 0 saturated heterocycles. The Morgan fingerprint density at radius 1 is 0.833 bits per heavy atom. The molecule has 0 saturated carbocycles. The van der Waals surface area contributed by atoms with E-state index < -0.39 is 0 Å². The topological polar surface area (TPSA) is 26.0 Å². The van der Waals surface area contributed by atoms with E-state index in [0.717, 1.165) is 21.7 Å². The SMILES string of the molecule is C=Cc1sc2cc(-c3ccccc3N)c3ccccc3c2c1C=C. The third-order valence-corrected chi connectivity index (χ3v) is 5.55. The van der Waals surface area contributed by atoms with E-state index in [1.165, 1.54) is 26.4 Å².